The maximum absolute atomic E-state index is 13.0. The third-order valence-electron chi connectivity index (χ3n) is 6.21. The number of hydrogen-bond donors (Lipinski definition) is 2. The van der Waals surface area contributed by atoms with Gasteiger partial charge in [0.25, 0.3) is 0 Å². The zero-order valence-corrected chi connectivity index (χ0v) is 24.2. The number of anilines is 1. The second-order valence-electron chi connectivity index (χ2n) is 9.41. The summed E-state index contributed by atoms with van der Waals surface area (Å²) in [7, 11) is -3.19. The highest BCUT2D eigenvalue weighted by molar-refractivity contribution is 7.87. The third kappa shape index (κ3) is 7.22. The zero-order valence-electron chi connectivity index (χ0n) is 21.9. The molecule has 5 nitrogen and oxygen atoms in total. The quantitative estimate of drug-likeness (QED) is 0.184. The van der Waals surface area contributed by atoms with E-state index < -0.39 is 16.5 Å². The lowest BCUT2D eigenvalue weighted by Crippen LogP contribution is -2.22. The number of nitrogens with two attached hydrogens (primary N) is 1. The van der Waals surface area contributed by atoms with Gasteiger partial charge >= 0.3 is 5.51 Å². The van der Waals surface area contributed by atoms with Crippen molar-refractivity contribution in [2.24, 2.45) is 11.7 Å². The number of halogens is 5. The Hall–Kier alpha value is -3.53. The molecule has 3 N–H and O–H groups in total. The van der Waals surface area contributed by atoms with Crippen LogP contribution in [0.2, 0.25) is 10.0 Å². The molecule has 0 saturated carbocycles. The maximum Gasteiger partial charge on any atom is 0.490 e. The van der Waals surface area contributed by atoms with E-state index in [9.17, 15) is 22.2 Å². The van der Waals surface area contributed by atoms with Crippen molar-refractivity contribution in [3.8, 4) is 16.9 Å². The Labute approximate surface area is 247 Å². The van der Waals surface area contributed by atoms with E-state index in [-0.39, 0.29) is 35.3 Å². The van der Waals surface area contributed by atoms with Crippen molar-refractivity contribution in [1.82, 2.24) is 0 Å². The van der Waals surface area contributed by atoms with E-state index in [1.54, 1.807) is 50.2 Å². The first-order valence-electron chi connectivity index (χ1n) is 12.3. The second kappa shape index (κ2) is 12.5. The normalized spacial score (nSPS) is 13.2. The van der Waals surface area contributed by atoms with Gasteiger partial charge in [0.1, 0.15) is 12.4 Å². The molecule has 0 amide bonds. The van der Waals surface area contributed by atoms with Crippen molar-refractivity contribution in [2.45, 2.75) is 19.4 Å². The van der Waals surface area contributed by atoms with Gasteiger partial charge < -0.3 is 10.5 Å². The molecule has 0 bridgehead atoms. The number of rotatable bonds is 9. The zero-order chi connectivity index (χ0) is 29.9. The van der Waals surface area contributed by atoms with E-state index in [4.69, 9.17) is 33.7 Å². The molecular formula is C30H25Cl2F3N2O3S. The van der Waals surface area contributed by atoms with Crippen LogP contribution >= 0.6 is 23.2 Å². The molecule has 0 spiro atoms. The molecule has 4 aromatic carbocycles. The van der Waals surface area contributed by atoms with E-state index >= 15 is 0 Å². The minimum atomic E-state index is -4.85. The van der Waals surface area contributed by atoms with Crippen LogP contribution < -0.4 is 15.2 Å². The molecule has 0 aliphatic heterocycles. The second-order valence-corrected chi connectivity index (χ2v) is 11.4. The molecule has 0 fully saturated rings. The summed E-state index contributed by atoms with van der Waals surface area (Å²) >= 11 is 12.7. The van der Waals surface area contributed by atoms with Crippen molar-refractivity contribution in [1.29, 1.82) is 0 Å². The van der Waals surface area contributed by atoms with Gasteiger partial charge in [-0.05, 0) is 64.4 Å². The van der Waals surface area contributed by atoms with Crippen LogP contribution in [0.5, 0.6) is 5.75 Å². The van der Waals surface area contributed by atoms with Crippen molar-refractivity contribution in [3.05, 3.63) is 100 Å². The molecule has 0 aromatic heterocycles. The highest BCUT2D eigenvalue weighted by atomic mass is 35.5. The number of ether oxygens (including phenoxy) is 1. The number of benzene rings is 4. The highest BCUT2D eigenvalue weighted by Crippen LogP contribution is 2.32. The number of Topliss-reactive ketones (excluding diaryl/α,β-unsaturated/α-hetero) is 1. The molecular weight excluding hydrogens is 596 g/mol. The van der Waals surface area contributed by atoms with E-state index in [0.29, 0.717) is 21.4 Å². The molecule has 41 heavy (non-hydrogen) atoms. The molecule has 0 heterocycles. The predicted octanol–water partition coefficient (Wildman–Crippen LogP) is 8.38. The van der Waals surface area contributed by atoms with Gasteiger partial charge in [0.05, 0.1) is 21.3 Å². The molecule has 1 atom stereocenters. The Morgan fingerprint density at radius 2 is 1.51 bits per heavy atom. The molecule has 0 aliphatic rings. The van der Waals surface area contributed by atoms with E-state index in [2.05, 4.69) is 0 Å². The van der Waals surface area contributed by atoms with Crippen LogP contribution in [0.1, 0.15) is 19.4 Å². The number of carbonyl (C=O) groups is 1. The fourth-order valence-electron chi connectivity index (χ4n) is 4.08. The fourth-order valence-corrected chi connectivity index (χ4v) is 5.15. The van der Waals surface area contributed by atoms with Crippen LogP contribution in [0.3, 0.4) is 0 Å². The van der Waals surface area contributed by atoms with Crippen LogP contribution in [-0.4, -0.2) is 22.1 Å². The molecule has 1 unspecified atom stereocenters. The Kier molecular flexibility index (Phi) is 9.31. The molecule has 0 saturated heterocycles. The van der Waals surface area contributed by atoms with Gasteiger partial charge in [0.2, 0.25) is 11.0 Å². The van der Waals surface area contributed by atoms with Gasteiger partial charge in [0.15, 0.2) is 5.78 Å². The lowest BCUT2D eigenvalue weighted by atomic mass is 9.97. The molecule has 0 radical (unpaired) electrons. The lowest BCUT2D eigenvalue weighted by Gasteiger charge is -2.17. The van der Waals surface area contributed by atoms with Crippen molar-refractivity contribution < 1.29 is 26.9 Å². The topological polar surface area (TPSA) is 81.4 Å². The van der Waals surface area contributed by atoms with Crippen LogP contribution in [-0.2, 0) is 15.8 Å². The monoisotopic (exact) mass is 620 g/mol. The minimum absolute atomic E-state index is 0.0898. The number of fused-ring (bicyclic) bond motifs is 1. The number of ketones is 1. The van der Waals surface area contributed by atoms with E-state index in [1.165, 1.54) is 12.1 Å². The average molecular weight is 622 g/mol. The smallest absolute Gasteiger partial charge is 0.489 e. The van der Waals surface area contributed by atoms with E-state index in [0.717, 1.165) is 21.9 Å². The molecule has 4 rings (SSSR count). The molecule has 0 aliphatic carbocycles. The maximum atomic E-state index is 13.0. The summed E-state index contributed by atoms with van der Waals surface area (Å²) < 4.78 is 56.8. The lowest BCUT2D eigenvalue weighted by molar-refractivity contribution is -0.118. The Morgan fingerprint density at radius 1 is 0.927 bits per heavy atom. The highest BCUT2D eigenvalue weighted by Gasteiger charge is 2.37. The van der Waals surface area contributed by atoms with Crippen molar-refractivity contribution >= 4 is 62.1 Å². The largest absolute Gasteiger partial charge is 0.490 e. The van der Waals surface area contributed by atoms with Gasteiger partial charge in [-0.1, -0.05) is 73.4 Å². The summed E-state index contributed by atoms with van der Waals surface area (Å²) in [4.78, 5) is 13.0. The van der Waals surface area contributed by atoms with Gasteiger partial charge in [-0.2, -0.15) is 13.2 Å². The van der Waals surface area contributed by atoms with Gasteiger partial charge in [-0.15, -0.1) is 0 Å². The SMILES string of the molecule is CC(C)C(=O)/C(COc1ccc2cc(-c3ccc(NS(=O)C(F)(F)F)cc3)ccc2c1)=C(\N)c1c(Cl)cccc1Cl. The molecule has 11 heteroatoms. The van der Waals surface area contributed by atoms with Crippen molar-refractivity contribution in [3.63, 3.8) is 0 Å². The summed E-state index contributed by atoms with van der Waals surface area (Å²) in [6.45, 7) is 3.45. The number of carbonyl (C=O) groups excluding carboxylic acids is 1. The summed E-state index contributed by atoms with van der Waals surface area (Å²) in [5, 5.41) is 2.42. The Morgan fingerprint density at radius 3 is 2.12 bits per heavy atom. The first-order valence-corrected chi connectivity index (χ1v) is 14.2. The van der Waals surface area contributed by atoms with Crippen molar-refractivity contribution in [2.75, 3.05) is 11.3 Å². The summed E-state index contributed by atoms with van der Waals surface area (Å²) in [5.74, 6) is 0.000287. The third-order valence-corrected chi connectivity index (χ3v) is 7.68. The summed E-state index contributed by atoms with van der Waals surface area (Å²) in [6.07, 6.45) is 0. The first kappa shape index (κ1) is 30.4. The van der Waals surface area contributed by atoms with Crippen LogP contribution in [0.4, 0.5) is 18.9 Å². The fraction of sp³-hybridized carbons (Fsp3) is 0.167. The molecule has 4 aromatic rings. The summed E-state index contributed by atoms with van der Waals surface area (Å²) in [5.41, 5.74) is 4.06. The van der Waals surface area contributed by atoms with E-state index in [1.807, 2.05) is 35.1 Å². The standard InChI is InChI=1S/C30H25Cl2F3N2O3S/c1-17(2)29(38)24(28(36)27-25(31)4-3-5-26(27)32)16-40-23-13-10-20-14-19(6-7-21(20)15-23)18-8-11-22(12-9-18)37-41(39)30(33,34)35/h3-15,17,37H,16,36H2,1-2H3/b28-24-. The Bertz CT molecular complexity index is 1640. The minimum Gasteiger partial charge on any atom is -0.489 e. The molecule has 214 valence electrons. The van der Waals surface area contributed by atoms with Crippen LogP contribution in [0.15, 0.2) is 84.4 Å². The predicted molar refractivity (Wildman–Crippen MR) is 160 cm³/mol. The summed E-state index contributed by atoms with van der Waals surface area (Å²) in [6, 6.07) is 22.3. The van der Waals surface area contributed by atoms with Gasteiger partial charge in [-0.25, -0.2) is 4.21 Å². The Balaban J connectivity index is 1.55. The number of hydrogen-bond acceptors (Lipinski definition) is 4. The number of nitrogens with one attached hydrogen (secondary N) is 1. The first-order chi connectivity index (χ1) is 19.3. The van der Waals surface area contributed by atoms with Crippen LogP contribution in [0.25, 0.3) is 27.6 Å². The van der Waals surface area contributed by atoms with Gasteiger partial charge in [-0.3, -0.25) is 9.52 Å². The average Bonchev–Trinajstić information content (AvgIpc) is 2.92. The van der Waals surface area contributed by atoms with Gasteiger partial charge in [0, 0.05) is 17.2 Å². The van der Waals surface area contributed by atoms with Crippen LogP contribution in [0, 0.1) is 5.92 Å². The number of alkyl halides is 3.